The number of halogens is 4. The van der Waals surface area contributed by atoms with E-state index in [1.165, 1.54) is 26.3 Å². The van der Waals surface area contributed by atoms with Gasteiger partial charge in [0, 0.05) is 30.7 Å². The number of hydrogen-bond acceptors (Lipinski definition) is 4. The van der Waals surface area contributed by atoms with Gasteiger partial charge in [0.15, 0.2) is 5.96 Å². The number of carbonyl (C=O) groups is 1. The smallest absolute Gasteiger partial charge is 0.387 e. The number of hydrogen-bond donors (Lipinski definition) is 2. The first-order valence-electron chi connectivity index (χ1n) is 7.23. The molecule has 0 aromatic heterocycles. The van der Waals surface area contributed by atoms with Crippen molar-refractivity contribution < 1.29 is 23.0 Å². The number of carbonyl (C=O) groups excluding carboxylic acids is 1. The van der Waals surface area contributed by atoms with Crippen molar-refractivity contribution in [1.82, 2.24) is 10.6 Å². The van der Waals surface area contributed by atoms with Crippen LogP contribution < -0.4 is 15.4 Å². The fourth-order valence-corrected chi connectivity index (χ4v) is 2.48. The molecule has 140 valence electrons. The third-order valence-corrected chi connectivity index (χ3v) is 3.64. The lowest BCUT2D eigenvalue weighted by Gasteiger charge is -2.17. The fraction of sp³-hybridized carbons (Fsp3) is 0.467. The lowest BCUT2D eigenvalue weighted by molar-refractivity contribution is -0.144. The summed E-state index contributed by atoms with van der Waals surface area (Å²) in [5, 5.41) is 6.10. The Morgan fingerprint density at radius 3 is 2.56 bits per heavy atom. The molecule has 2 N–H and O–H groups in total. The number of aliphatic imine (C=N–C) groups is 1. The zero-order valence-corrected chi connectivity index (χ0v) is 15.4. The first-order valence-corrected chi connectivity index (χ1v) is 7.99. The number of guanidine groups is 1. The van der Waals surface area contributed by atoms with E-state index in [1.54, 1.807) is 6.92 Å². The second-order valence-electron chi connectivity index (χ2n) is 4.99. The van der Waals surface area contributed by atoms with Crippen LogP contribution in [0.3, 0.4) is 0 Å². The van der Waals surface area contributed by atoms with Crippen molar-refractivity contribution in [3.8, 4) is 5.75 Å². The molecule has 0 saturated carbocycles. The Morgan fingerprint density at radius 1 is 1.32 bits per heavy atom. The minimum Gasteiger partial charge on any atom is -0.469 e. The summed E-state index contributed by atoms with van der Waals surface area (Å²) in [7, 11) is 2.83. The second-order valence-corrected chi connectivity index (χ2v) is 5.83. The van der Waals surface area contributed by atoms with E-state index in [1.807, 2.05) is 0 Å². The summed E-state index contributed by atoms with van der Waals surface area (Å²) >= 11 is 11.8. The molecule has 0 spiro atoms. The Bertz CT molecular complexity index is 630. The zero-order valence-electron chi connectivity index (χ0n) is 13.9. The average molecular weight is 398 g/mol. The summed E-state index contributed by atoms with van der Waals surface area (Å²) in [5.41, 5.74) is 0.335. The number of methoxy groups -OCH3 is 1. The molecule has 10 heteroatoms. The monoisotopic (exact) mass is 397 g/mol. The first kappa shape index (κ1) is 21.2. The van der Waals surface area contributed by atoms with Crippen LogP contribution in [0.25, 0.3) is 0 Å². The number of ether oxygens (including phenoxy) is 2. The Labute approximate surface area is 154 Å². The van der Waals surface area contributed by atoms with Crippen molar-refractivity contribution in [3.05, 3.63) is 27.7 Å². The topological polar surface area (TPSA) is 72.0 Å². The van der Waals surface area contributed by atoms with Gasteiger partial charge in [0.25, 0.3) is 0 Å². The standard InChI is InChI=1S/C15H19Cl2F2N3O3/c1-8(13(23)24-3)6-21-15(20-2)22-7-9-4-10(16)5-11(17)12(9)25-14(18)19/h4-5,8,14H,6-7H2,1-3H3,(H2,20,21,22). The summed E-state index contributed by atoms with van der Waals surface area (Å²) in [6.07, 6.45) is 0. The largest absolute Gasteiger partial charge is 0.469 e. The maximum atomic E-state index is 12.6. The highest BCUT2D eigenvalue weighted by Crippen LogP contribution is 2.33. The highest BCUT2D eigenvalue weighted by Gasteiger charge is 2.16. The molecule has 25 heavy (non-hydrogen) atoms. The number of benzene rings is 1. The minimum absolute atomic E-state index is 0.0214. The van der Waals surface area contributed by atoms with Gasteiger partial charge in [-0.1, -0.05) is 30.1 Å². The van der Waals surface area contributed by atoms with E-state index >= 15 is 0 Å². The SMILES string of the molecule is CN=C(NCc1cc(Cl)cc(Cl)c1OC(F)F)NCC(C)C(=O)OC. The molecule has 0 aliphatic heterocycles. The first-order chi connectivity index (χ1) is 11.8. The van der Waals surface area contributed by atoms with Crippen LogP contribution in [0, 0.1) is 5.92 Å². The van der Waals surface area contributed by atoms with E-state index in [4.69, 9.17) is 23.2 Å². The van der Waals surface area contributed by atoms with Crippen molar-refractivity contribution in [2.75, 3.05) is 20.7 Å². The fourth-order valence-electron chi connectivity index (χ4n) is 1.90. The van der Waals surface area contributed by atoms with Gasteiger partial charge in [0.2, 0.25) is 0 Å². The van der Waals surface area contributed by atoms with Crippen LogP contribution in [0.15, 0.2) is 17.1 Å². The van der Waals surface area contributed by atoms with Gasteiger partial charge >= 0.3 is 12.6 Å². The van der Waals surface area contributed by atoms with Crippen LogP contribution in [0.5, 0.6) is 5.75 Å². The molecule has 0 aliphatic rings. The van der Waals surface area contributed by atoms with E-state index in [-0.39, 0.29) is 40.8 Å². The van der Waals surface area contributed by atoms with E-state index in [0.717, 1.165) is 0 Å². The molecular weight excluding hydrogens is 379 g/mol. The summed E-state index contributed by atoms with van der Waals surface area (Å²) in [5.74, 6) is -0.555. The normalized spacial score (nSPS) is 12.7. The molecule has 1 rings (SSSR count). The lowest BCUT2D eigenvalue weighted by atomic mass is 10.2. The van der Waals surface area contributed by atoms with Crippen molar-refractivity contribution in [3.63, 3.8) is 0 Å². The molecule has 6 nitrogen and oxygen atoms in total. The molecular formula is C15H19Cl2F2N3O3. The van der Waals surface area contributed by atoms with Crippen LogP contribution in [0.1, 0.15) is 12.5 Å². The lowest BCUT2D eigenvalue weighted by Crippen LogP contribution is -2.40. The molecule has 1 atom stereocenters. The molecule has 0 saturated heterocycles. The van der Waals surface area contributed by atoms with Crippen molar-refractivity contribution >= 4 is 35.1 Å². The van der Waals surface area contributed by atoms with E-state index in [0.29, 0.717) is 11.5 Å². The molecule has 0 fully saturated rings. The number of nitrogens with zero attached hydrogens (tertiary/aromatic N) is 1. The van der Waals surface area contributed by atoms with Crippen LogP contribution >= 0.6 is 23.2 Å². The van der Waals surface area contributed by atoms with Crippen molar-refractivity contribution in [1.29, 1.82) is 0 Å². The summed E-state index contributed by atoms with van der Waals surface area (Å²) in [6, 6.07) is 2.78. The van der Waals surface area contributed by atoms with Gasteiger partial charge in [-0.15, -0.1) is 0 Å². The molecule has 1 aromatic rings. The van der Waals surface area contributed by atoms with E-state index in [9.17, 15) is 13.6 Å². The molecule has 1 aromatic carbocycles. The molecule has 0 heterocycles. The van der Waals surface area contributed by atoms with Gasteiger partial charge in [0.1, 0.15) is 5.75 Å². The highest BCUT2D eigenvalue weighted by molar-refractivity contribution is 6.35. The summed E-state index contributed by atoms with van der Waals surface area (Å²) in [6.45, 7) is -0.967. The van der Waals surface area contributed by atoms with E-state index in [2.05, 4.69) is 25.1 Å². The predicted molar refractivity (Wildman–Crippen MR) is 92.5 cm³/mol. The average Bonchev–Trinajstić information content (AvgIpc) is 2.56. The van der Waals surface area contributed by atoms with Gasteiger partial charge in [-0.2, -0.15) is 8.78 Å². The zero-order chi connectivity index (χ0) is 19.0. The van der Waals surface area contributed by atoms with Crippen LogP contribution in [0.2, 0.25) is 10.0 Å². The molecule has 0 bridgehead atoms. The van der Waals surface area contributed by atoms with Crippen molar-refractivity contribution in [2.45, 2.75) is 20.1 Å². The highest BCUT2D eigenvalue weighted by atomic mass is 35.5. The molecule has 0 amide bonds. The Balaban J connectivity index is 2.76. The van der Waals surface area contributed by atoms with Gasteiger partial charge in [-0.05, 0) is 12.1 Å². The van der Waals surface area contributed by atoms with E-state index < -0.39 is 6.61 Å². The number of nitrogens with one attached hydrogen (secondary N) is 2. The Morgan fingerprint density at radius 2 is 2.00 bits per heavy atom. The van der Waals surface area contributed by atoms with Crippen LogP contribution in [-0.4, -0.2) is 39.2 Å². The molecule has 1 unspecified atom stereocenters. The third kappa shape index (κ3) is 6.91. The maximum Gasteiger partial charge on any atom is 0.387 e. The minimum atomic E-state index is -3.02. The number of alkyl halides is 2. The summed E-state index contributed by atoms with van der Waals surface area (Å²) in [4.78, 5) is 15.4. The Hall–Kier alpha value is -1.80. The van der Waals surface area contributed by atoms with Crippen LogP contribution in [-0.2, 0) is 16.1 Å². The molecule has 0 radical (unpaired) electrons. The quantitative estimate of drug-likeness (QED) is 0.420. The summed E-state index contributed by atoms with van der Waals surface area (Å²) < 4.78 is 34.2. The van der Waals surface area contributed by atoms with Gasteiger partial charge in [0.05, 0.1) is 18.1 Å². The van der Waals surface area contributed by atoms with Crippen molar-refractivity contribution in [2.24, 2.45) is 10.9 Å². The number of rotatable bonds is 7. The maximum absolute atomic E-state index is 12.6. The van der Waals surface area contributed by atoms with Gasteiger partial charge in [-0.3, -0.25) is 9.79 Å². The third-order valence-electron chi connectivity index (χ3n) is 3.14. The second kappa shape index (κ2) is 10.2. The number of esters is 1. The van der Waals surface area contributed by atoms with Crippen LogP contribution in [0.4, 0.5) is 8.78 Å². The Kier molecular flexibility index (Phi) is 8.71. The molecule has 0 aliphatic carbocycles. The van der Waals surface area contributed by atoms with Gasteiger partial charge in [-0.25, -0.2) is 0 Å². The van der Waals surface area contributed by atoms with Gasteiger partial charge < -0.3 is 20.1 Å². The predicted octanol–water partition coefficient (Wildman–Crippen LogP) is 3.07.